The predicted molar refractivity (Wildman–Crippen MR) is 79.3 cm³/mol. The summed E-state index contributed by atoms with van der Waals surface area (Å²) in [6, 6.07) is 9.09. The van der Waals surface area contributed by atoms with Crippen LogP contribution >= 0.6 is 0 Å². The number of carbonyl (C=O) groups is 1. The second-order valence-electron chi connectivity index (χ2n) is 5.24. The third-order valence-corrected chi connectivity index (χ3v) is 2.99. The Morgan fingerprint density at radius 3 is 2.70 bits per heavy atom. The van der Waals surface area contributed by atoms with E-state index in [-0.39, 0.29) is 12.1 Å². The summed E-state index contributed by atoms with van der Waals surface area (Å²) < 4.78 is 0. The summed E-state index contributed by atoms with van der Waals surface area (Å²) in [5.41, 5.74) is -0.197. The highest BCUT2D eigenvalue weighted by Crippen LogP contribution is 2.17. The largest absolute Gasteiger partial charge is 0.480 e. The average Bonchev–Trinajstić information content (AvgIpc) is 2.37. The minimum Gasteiger partial charge on any atom is -0.480 e. The summed E-state index contributed by atoms with van der Waals surface area (Å²) in [6.45, 7) is 4.45. The predicted octanol–water partition coefficient (Wildman–Crippen LogP) is 2.08. The van der Waals surface area contributed by atoms with E-state index in [9.17, 15) is 9.59 Å². The lowest BCUT2D eigenvalue weighted by molar-refractivity contribution is -0.135. The molecule has 5 heteroatoms. The number of benzene rings is 1. The van der Waals surface area contributed by atoms with E-state index >= 15 is 0 Å². The summed E-state index contributed by atoms with van der Waals surface area (Å²) in [4.78, 5) is 27.5. The lowest BCUT2D eigenvalue weighted by Gasteiger charge is -2.24. The number of nitrogens with one attached hydrogen (secondary N) is 1. The number of fused-ring (bicyclic) bond motifs is 1. The molecule has 1 aromatic carbocycles. The van der Waals surface area contributed by atoms with Crippen LogP contribution in [0.2, 0.25) is 0 Å². The van der Waals surface area contributed by atoms with Crippen molar-refractivity contribution in [3.8, 4) is 0 Å². The zero-order valence-electron chi connectivity index (χ0n) is 11.6. The van der Waals surface area contributed by atoms with Crippen molar-refractivity contribution in [1.82, 2.24) is 4.98 Å². The van der Waals surface area contributed by atoms with Crippen molar-refractivity contribution in [2.24, 2.45) is 5.92 Å². The van der Waals surface area contributed by atoms with Gasteiger partial charge in [0.2, 0.25) is 0 Å². The van der Waals surface area contributed by atoms with Crippen molar-refractivity contribution < 1.29 is 9.90 Å². The molecule has 106 valence electrons. The minimum absolute atomic E-state index is 0.132. The third kappa shape index (κ3) is 3.17. The van der Waals surface area contributed by atoms with E-state index in [1.165, 1.54) is 0 Å². The van der Waals surface area contributed by atoms with Gasteiger partial charge in [0.1, 0.15) is 12.4 Å². The Morgan fingerprint density at radius 2 is 2.05 bits per heavy atom. The van der Waals surface area contributed by atoms with Gasteiger partial charge in [-0.05, 0) is 23.4 Å². The minimum atomic E-state index is -0.917. The number of rotatable bonds is 5. The highest BCUT2D eigenvalue weighted by Gasteiger charge is 2.14. The normalized spacial score (nSPS) is 10.9. The number of carboxylic acid groups (broad SMARTS) is 1. The Morgan fingerprint density at radius 1 is 1.35 bits per heavy atom. The van der Waals surface area contributed by atoms with E-state index in [2.05, 4.69) is 4.98 Å². The highest BCUT2D eigenvalue weighted by molar-refractivity contribution is 5.84. The monoisotopic (exact) mass is 274 g/mol. The van der Waals surface area contributed by atoms with Gasteiger partial charge in [0.15, 0.2) is 0 Å². The average molecular weight is 274 g/mol. The van der Waals surface area contributed by atoms with Gasteiger partial charge >= 0.3 is 5.97 Å². The third-order valence-electron chi connectivity index (χ3n) is 2.99. The van der Waals surface area contributed by atoms with Crippen LogP contribution in [0, 0.1) is 5.92 Å². The zero-order valence-corrected chi connectivity index (χ0v) is 11.6. The van der Waals surface area contributed by atoms with Crippen LogP contribution in [0.5, 0.6) is 0 Å². The Balaban J connectivity index is 2.47. The van der Waals surface area contributed by atoms with E-state index in [4.69, 9.17) is 5.11 Å². The molecular formula is C15H18N2O3. The molecule has 0 fully saturated rings. The van der Waals surface area contributed by atoms with E-state index in [0.29, 0.717) is 23.7 Å². The highest BCUT2D eigenvalue weighted by atomic mass is 16.4. The van der Waals surface area contributed by atoms with Crippen LogP contribution in [-0.2, 0) is 4.79 Å². The summed E-state index contributed by atoms with van der Waals surface area (Å²) >= 11 is 0. The number of hydrogen-bond acceptors (Lipinski definition) is 3. The second-order valence-corrected chi connectivity index (χ2v) is 5.24. The molecule has 1 aromatic heterocycles. The fourth-order valence-corrected chi connectivity index (χ4v) is 2.22. The summed E-state index contributed by atoms with van der Waals surface area (Å²) in [7, 11) is 0. The molecule has 0 unspecified atom stereocenters. The van der Waals surface area contributed by atoms with Gasteiger partial charge < -0.3 is 15.0 Å². The van der Waals surface area contributed by atoms with Crippen molar-refractivity contribution in [2.45, 2.75) is 13.8 Å². The Bertz CT molecular complexity index is 676. The number of nitrogens with zero attached hydrogens (tertiary/aromatic N) is 1. The molecule has 0 aliphatic heterocycles. The molecule has 0 aliphatic rings. The van der Waals surface area contributed by atoms with Crippen LogP contribution in [0.15, 0.2) is 35.1 Å². The lowest BCUT2D eigenvalue weighted by atomic mass is 10.1. The van der Waals surface area contributed by atoms with Gasteiger partial charge in [0, 0.05) is 11.9 Å². The van der Waals surface area contributed by atoms with Gasteiger partial charge in [-0.1, -0.05) is 32.0 Å². The second kappa shape index (κ2) is 5.77. The maximum Gasteiger partial charge on any atom is 0.323 e. The fourth-order valence-electron chi connectivity index (χ4n) is 2.22. The van der Waals surface area contributed by atoms with E-state index in [0.717, 1.165) is 5.39 Å². The summed E-state index contributed by atoms with van der Waals surface area (Å²) in [5.74, 6) is -0.0752. The van der Waals surface area contributed by atoms with Gasteiger partial charge in [0.25, 0.3) is 5.56 Å². The zero-order chi connectivity index (χ0) is 14.7. The fraction of sp³-hybridized carbons (Fsp3) is 0.333. The Labute approximate surface area is 116 Å². The number of aromatic amines is 1. The number of carboxylic acids is 1. The molecule has 0 radical (unpaired) electrons. The molecular weight excluding hydrogens is 256 g/mol. The molecule has 2 N–H and O–H groups in total. The topological polar surface area (TPSA) is 73.4 Å². The van der Waals surface area contributed by atoms with Gasteiger partial charge in [-0.3, -0.25) is 9.59 Å². The van der Waals surface area contributed by atoms with Crippen molar-refractivity contribution in [1.29, 1.82) is 0 Å². The molecule has 2 rings (SSSR count). The molecule has 0 spiro atoms. The number of pyridine rings is 1. The van der Waals surface area contributed by atoms with E-state index < -0.39 is 5.97 Å². The van der Waals surface area contributed by atoms with Crippen molar-refractivity contribution in [3.05, 3.63) is 40.7 Å². The standard InChI is InChI=1S/C15H18N2O3/c1-10(2)8-17(9-14(18)19)13-7-11-5-3-4-6-12(11)15(20)16-13/h3-7,10H,8-9H2,1-2H3,(H,16,20)(H,18,19). The van der Waals surface area contributed by atoms with Crippen LogP contribution < -0.4 is 10.5 Å². The van der Waals surface area contributed by atoms with E-state index in [1.807, 2.05) is 32.0 Å². The number of aromatic nitrogens is 1. The molecule has 0 bridgehead atoms. The van der Waals surface area contributed by atoms with Gasteiger partial charge in [-0.2, -0.15) is 0 Å². The molecule has 2 aromatic rings. The quantitative estimate of drug-likeness (QED) is 0.875. The van der Waals surface area contributed by atoms with Crippen LogP contribution in [0.4, 0.5) is 5.82 Å². The van der Waals surface area contributed by atoms with Gasteiger partial charge in [-0.25, -0.2) is 0 Å². The van der Waals surface area contributed by atoms with E-state index in [1.54, 1.807) is 17.0 Å². The number of hydrogen-bond donors (Lipinski definition) is 2. The molecule has 0 saturated carbocycles. The number of H-pyrrole nitrogens is 1. The van der Waals surface area contributed by atoms with Crippen molar-refractivity contribution in [3.63, 3.8) is 0 Å². The first kappa shape index (κ1) is 14.1. The molecule has 0 amide bonds. The molecule has 0 saturated heterocycles. The van der Waals surface area contributed by atoms with Crippen LogP contribution in [0.3, 0.4) is 0 Å². The molecule has 20 heavy (non-hydrogen) atoms. The smallest absolute Gasteiger partial charge is 0.323 e. The van der Waals surface area contributed by atoms with Crippen LogP contribution in [-0.4, -0.2) is 29.1 Å². The molecule has 5 nitrogen and oxygen atoms in total. The van der Waals surface area contributed by atoms with Gasteiger partial charge in [0.05, 0.1) is 0 Å². The Kier molecular flexibility index (Phi) is 4.08. The molecule has 1 heterocycles. The van der Waals surface area contributed by atoms with Crippen molar-refractivity contribution >= 4 is 22.6 Å². The molecule has 0 aliphatic carbocycles. The van der Waals surface area contributed by atoms with Crippen LogP contribution in [0.1, 0.15) is 13.8 Å². The summed E-state index contributed by atoms with van der Waals surface area (Å²) in [6.07, 6.45) is 0. The first-order valence-corrected chi connectivity index (χ1v) is 6.56. The Hall–Kier alpha value is -2.30. The first-order valence-electron chi connectivity index (χ1n) is 6.56. The van der Waals surface area contributed by atoms with Gasteiger partial charge in [-0.15, -0.1) is 0 Å². The summed E-state index contributed by atoms with van der Waals surface area (Å²) in [5, 5.41) is 10.4. The number of anilines is 1. The number of aliphatic carboxylic acids is 1. The maximum absolute atomic E-state index is 12.0. The van der Waals surface area contributed by atoms with Crippen molar-refractivity contribution in [2.75, 3.05) is 18.0 Å². The first-order chi connectivity index (χ1) is 9.47. The molecule has 0 atom stereocenters. The SMILES string of the molecule is CC(C)CN(CC(=O)O)c1cc2ccccc2c(=O)[nH]1. The van der Waals surface area contributed by atoms with Crippen LogP contribution in [0.25, 0.3) is 10.8 Å². The lowest BCUT2D eigenvalue weighted by Crippen LogP contribution is -2.34. The maximum atomic E-state index is 12.0.